The highest BCUT2D eigenvalue weighted by Gasteiger charge is 2.14. The topological polar surface area (TPSA) is 46.0 Å². The van der Waals surface area contributed by atoms with Crippen LogP contribution < -0.4 is 0 Å². The van der Waals surface area contributed by atoms with Gasteiger partial charge in [0.15, 0.2) is 0 Å². The second-order valence-corrected chi connectivity index (χ2v) is 10.7. The minimum Gasteiger partial charge on any atom is -0.353 e. The number of para-hydroxylation sites is 3. The first kappa shape index (κ1) is 20.5. The fourth-order valence-corrected chi connectivity index (χ4v) is 6.82. The van der Waals surface area contributed by atoms with E-state index in [1.807, 2.05) is 0 Å². The summed E-state index contributed by atoms with van der Waals surface area (Å²) in [4.78, 5) is 14.4. The summed E-state index contributed by atoms with van der Waals surface area (Å²) in [5, 5.41) is 10.5. The van der Waals surface area contributed by atoms with Gasteiger partial charge in [-0.2, -0.15) is 0 Å². The van der Waals surface area contributed by atoms with Gasteiger partial charge in [0, 0.05) is 43.1 Å². The Hall–Kier alpha value is -5.48. The van der Waals surface area contributed by atoms with E-state index in [0.29, 0.717) is 0 Å². The first-order chi connectivity index (χ1) is 19.8. The smallest absolute Gasteiger partial charge is 0.138 e. The molecule has 184 valence electrons. The molecule has 0 amide bonds. The third-order valence-electron chi connectivity index (χ3n) is 8.66. The minimum atomic E-state index is 0.896. The van der Waals surface area contributed by atoms with Crippen molar-refractivity contribution in [2.45, 2.75) is 0 Å². The molecule has 0 aliphatic heterocycles. The maximum Gasteiger partial charge on any atom is 0.138 e. The van der Waals surface area contributed by atoms with Gasteiger partial charge in [-0.05, 0) is 35.7 Å². The van der Waals surface area contributed by atoms with Crippen LogP contribution in [0.15, 0.2) is 115 Å². The summed E-state index contributed by atoms with van der Waals surface area (Å²) >= 11 is 0. The van der Waals surface area contributed by atoms with Gasteiger partial charge in [0.25, 0.3) is 0 Å². The SMILES string of the molecule is c1cc2c3ccc4c5ccccc5n(c5ccc6ccc7ccc(nc7c6n5)c5cccc6c(c1)c2[nH]c56)c4c3. The van der Waals surface area contributed by atoms with E-state index in [1.54, 1.807) is 0 Å². The van der Waals surface area contributed by atoms with Crippen LogP contribution in [-0.2, 0) is 0 Å². The Morgan fingerprint density at radius 2 is 1.07 bits per heavy atom. The fourth-order valence-electron chi connectivity index (χ4n) is 6.82. The Balaban J connectivity index is 1.59. The average Bonchev–Trinajstić information content (AvgIpc) is 3.55. The number of benzene rings is 5. The van der Waals surface area contributed by atoms with E-state index in [0.717, 1.165) is 60.4 Å². The van der Waals surface area contributed by atoms with Crippen LogP contribution in [0.5, 0.6) is 0 Å². The Kier molecular flexibility index (Phi) is 3.65. The van der Waals surface area contributed by atoms with Gasteiger partial charge in [0.2, 0.25) is 0 Å². The number of hydrogen-bond acceptors (Lipinski definition) is 2. The number of nitrogens with zero attached hydrogens (tertiary/aromatic N) is 3. The first-order valence-corrected chi connectivity index (χ1v) is 13.6. The highest BCUT2D eigenvalue weighted by atomic mass is 15.0. The maximum absolute atomic E-state index is 5.31. The number of pyridine rings is 2. The van der Waals surface area contributed by atoms with Crippen molar-refractivity contribution < 1.29 is 0 Å². The number of H-pyrrole nitrogens is 1. The van der Waals surface area contributed by atoms with Gasteiger partial charge in [-0.15, -0.1) is 0 Å². The predicted molar refractivity (Wildman–Crippen MR) is 167 cm³/mol. The Labute approximate surface area is 227 Å². The molecule has 0 radical (unpaired) electrons. The third kappa shape index (κ3) is 2.51. The van der Waals surface area contributed by atoms with Crippen molar-refractivity contribution in [3.63, 3.8) is 0 Å². The second-order valence-electron chi connectivity index (χ2n) is 10.7. The Bertz CT molecular complexity index is 2710. The first-order valence-electron chi connectivity index (χ1n) is 13.6. The predicted octanol–water partition coefficient (Wildman–Crippen LogP) is 9.28. The molecule has 4 heteroatoms. The molecule has 10 rings (SSSR count). The summed E-state index contributed by atoms with van der Waals surface area (Å²) in [6.45, 7) is 0. The lowest BCUT2D eigenvalue weighted by atomic mass is 10.1. The van der Waals surface area contributed by atoms with E-state index in [1.165, 1.54) is 32.3 Å². The summed E-state index contributed by atoms with van der Waals surface area (Å²) in [6.07, 6.45) is 0. The summed E-state index contributed by atoms with van der Waals surface area (Å²) in [6, 6.07) is 41.4. The van der Waals surface area contributed by atoms with Crippen LogP contribution in [-0.4, -0.2) is 19.4 Å². The van der Waals surface area contributed by atoms with Crippen LogP contribution in [0.2, 0.25) is 0 Å². The number of aromatic amines is 1. The number of rotatable bonds is 0. The van der Waals surface area contributed by atoms with E-state index in [2.05, 4.69) is 125 Å². The van der Waals surface area contributed by atoms with Crippen LogP contribution in [0.25, 0.3) is 92.7 Å². The number of hydrogen-bond donors (Lipinski definition) is 1. The van der Waals surface area contributed by atoms with Crippen molar-refractivity contribution in [1.29, 1.82) is 0 Å². The van der Waals surface area contributed by atoms with Gasteiger partial charge >= 0.3 is 0 Å². The summed E-state index contributed by atoms with van der Waals surface area (Å²) in [5.74, 6) is 0. The lowest BCUT2D eigenvalue weighted by molar-refractivity contribution is 1.26. The van der Waals surface area contributed by atoms with Crippen LogP contribution in [0, 0.1) is 0 Å². The van der Waals surface area contributed by atoms with Crippen LogP contribution in [0.4, 0.5) is 0 Å². The largest absolute Gasteiger partial charge is 0.353 e. The van der Waals surface area contributed by atoms with Crippen molar-refractivity contribution in [1.82, 2.24) is 19.4 Å². The molecule has 0 spiro atoms. The molecular weight excluding hydrogens is 488 g/mol. The molecule has 0 atom stereocenters. The van der Waals surface area contributed by atoms with E-state index < -0.39 is 0 Å². The highest BCUT2D eigenvalue weighted by Crippen LogP contribution is 2.36. The molecular formula is C36H20N4. The molecule has 0 fully saturated rings. The lowest BCUT2D eigenvalue weighted by Crippen LogP contribution is -1.91. The van der Waals surface area contributed by atoms with E-state index in [-0.39, 0.29) is 0 Å². The molecule has 5 aromatic heterocycles. The van der Waals surface area contributed by atoms with Crippen molar-refractivity contribution >= 4 is 92.7 Å². The van der Waals surface area contributed by atoms with Crippen LogP contribution in [0.1, 0.15) is 0 Å². The summed E-state index contributed by atoms with van der Waals surface area (Å²) < 4.78 is 2.30. The molecule has 4 nitrogen and oxygen atoms in total. The van der Waals surface area contributed by atoms with Gasteiger partial charge in [-0.3, -0.25) is 4.40 Å². The van der Waals surface area contributed by atoms with Gasteiger partial charge in [0.05, 0.1) is 38.6 Å². The molecule has 0 saturated heterocycles. The second kappa shape index (κ2) is 7.13. The standard InChI is InChI=1S/C36H20N4/c1-2-10-30-24(5-1)25-16-13-22-19-31(25)40(30)32-18-15-21-12-11-20-14-17-29(37-33(20)34(21)38-32)28-9-4-8-27-26-7-3-6-23(22)35(26)39-36(27)28/h1-19,39H. The van der Waals surface area contributed by atoms with Gasteiger partial charge in [-0.25, -0.2) is 9.97 Å². The minimum absolute atomic E-state index is 0.896. The fraction of sp³-hybridized carbons (Fsp3) is 0. The summed E-state index contributed by atoms with van der Waals surface area (Å²) in [5.41, 5.74) is 8.21. The van der Waals surface area contributed by atoms with Gasteiger partial charge in [-0.1, -0.05) is 84.9 Å². The Morgan fingerprint density at radius 3 is 1.95 bits per heavy atom. The van der Waals surface area contributed by atoms with Crippen molar-refractivity contribution in [3.05, 3.63) is 115 Å². The lowest BCUT2D eigenvalue weighted by Gasteiger charge is -2.06. The van der Waals surface area contributed by atoms with Crippen molar-refractivity contribution in [3.8, 4) is 0 Å². The Morgan fingerprint density at radius 1 is 0.450 bits per heavy atom. The molecule has 10 aromatic rings. The third-order valence-corrected chi connectivity index (χ3v) is 8.66. The zero-order chi connectivity index (χ0) is 25.9. The summed E-state index contributed by atoms with van der Waals surface area (Å²) in [7, 11) is 0. The van der Waals surface area contributed by atoms with Crippen LogP contribution >= 0.6 is 0 Å². The van der Waals surface area contributed by atoms with Crippen molar-refractivity contribution in [2.75, 3.05) is 0 Å². The average molecular weight is 509 g/mol. The molecule has 40 heavy (non-hydrogen) atoms. The maximum atomic E-state index is 5.31. The van der Waals surface area contributed by atoms with E-state index in [9.17, 15) is 0 Å². The van der Waals surface area contributed by atoms with Gasteiger partial charge in [0.1, 0.15) is 5.65 Å². The molecule has 0 aliphatic rings. The molecule has 0 aliphatic carbocycles. The molecule has 5 heterocycles. The van der Waals surface area contributed by atoms with E-state index >= 15 is 0 Å². The van der Waals surface area contributed by atoms with E-state index in [4.69, 9.17) is 9.97 Å². The quantitative estimate of drug-likeness (QED) is 0.208. The molecule has 1 N–H and O–H groups in total. The zero-order valence-electron chi connectivity index (χ0n) is 21.3. The molecule has 5 aromatic carbocycles. The van der Waals surface area contributed by atoms with Gasteiger partial charge < -0.3 is 4.98 Å². The molecule has 0 unspecified atom stereocenters. The zero-order valence-corrected chi connectivity index (χ0v) is 21.3. The monoisotopic (exact) mass is 508 g/mol. The molecule has 0 saturated carbocycles. The van der Waals surface area contributed by atoms with Crippen LogP contribution in [0.3, 0.4) is 0 Å². The normalized spacial score (nSPS) is 12.5. The number of nitrogens with one attached hydrogen (secondary N) is 1. The number of fused-ring (bicyclic) bond motifs is 10. The number of aromatic nitrogens is 4. The molecule has 8 bridgehead atoms. The highest BCUT2D eigenvalue weighted by molar-refractivity contribution is 6.22. The van der Waals surface area contributed by atoms with Crippen molar-refractivity contribution in [2.24, 2.45) is 0 Å².